The quantitative estimate of drug-likeness (QED) is 0.237. The van der Waals surface area contributed by atoms with E-state index in [-0.39, 0.29) is 23.6 Å². The van der Waals surface area contributed by atoms with E-state index in [0.717, 1.165) is 62.5 Å². The second kappa shape index (κ2) is 15.3. The van der Waals surface area contributed by atoms with Crippen LogP contribution in [0.3, 0.4) is 0 Å². The lowest BCUT2D eigenvalue weighted by Crippen LogP contribution is -2.54. The van der Waals surface area contributed by atoms with E-state index in [2.05, 4.69) is 30.2 Å². The topological polar surface area (TPSA) is 87.7 Å². The molecule has 1 saturated carbocycles. The molecule has 1 aliphatic rings. The van der Waals surface area contributed by atoms with Gasteiger partial charge in [-0.05, 0) is 52.5 Å². The lowest BCUT2D eigenvalue weighted by molar-refractivity contribution is -0.142. The molecule has 1 aromatic rings. The molecule has 0 aliphatic heterocycles. The summed E-state index contributed by atoms with van der Waals surface area (Å²) in [5.74, 6) is -0.412. The molecule has 7 nitrogen and oxygen atoms in total. The van der Waals surface area contributed by atoms with Crippen molar-refractivity contribution < 1.29 is 19.1 Å². The molecule has 3 amide bonds. The van der Waals surface area contributed by atoms with Crippen LogP contribution in [0.1, 0.15) is 103 Å². The molecule has 0 spiro atoms. The molecule has 1 aliphatic carbocycles. The summed E-state index contributed by atoms with van der Waals surface area (Å²) >= 11 is 4.37. The first-order chi connectivity index (χ1) is 17.6. The maximum absolute atomic E-state index is 13.9. The van der Waals surface area contributed by atoms with Crippen molar-refractivity contribution in [1.82, 2.24) is 15.5 Å². The fourth-order valence-corrected chi connectivity index (χ4v) is 4.91. The summed E-state index contributed by atoms with van der Waals surface area (Å²) in [7, 11) is 0. The number of unbranched alkanes of at least 4 members (excludes halogenated alkanes) is 3. The summed E-state index contributed by atoms with van der Waals surface area (Å²) in [6, 6.07) is 6.18. The molecular weight excluding hydrogens is 486 g/mol. The maximum atomic E-state index is 13.9. The summed E-state index contributed by atoms with van der Waals surface area (Å²) < 4.78 is 5.39. The van der Waals surface area contributed by atoms with Crippen LogP contribution in [0, 0.1) is 6.92 Å². The smallest absolute Gasteiger partial charge is 0.408 e. The monoisotopic (exact) mass is 533 g/mol. The second-order valence-corrected chi connectivity index (χ2v) is 11.5. The van der Waals surface area contributed by atoms with Crippen LogP contribution in [-0.2, 0) is 14.3 Å². The minimum atomic E-state index is -0.917. The second-order valence-electron chi connectivity index (χ2n) is 11.1. The first kappa shape index (κ1) is 31.0. The highest BCUT2D eigenvalue weighted by Crippen LogP contribution is 2.26. The Morgan fingerprint density at radius 3 is 2.27 bits per heavy atom. The molecule has 2 rings (SSSR count). The normalized spacial score (nSPS) is 15.9. The van der Waals surface area contributed by atoms with Crippen molar-refractivity contribution in [2.24, 2.45) is 0 Å². The summed E-state index contributed by atoms with van der Waals surface area (Å²) in [6.07, 6.45) is 8.46. The molecular formula is C29H47N3O4S. The van der Waals surface area contributed by atoms with Gasteiger partial charge in [0.25, 0.3) is 0 Å². The summed E-state index contributed by atoms with van der Waals surface area (Å²) in [5, 5.41) is 5.91. The number of benzene rings is 1. The van der Waals surface area contributed by atoms with Gasteiger partial charge in [-0.1, -0.05) is 75.3 Å². The fraction of sp³-hybridized carbons (Fsp3) is 0.690. The van der Waals surface area contributed by atoms with Crippen LogP contribution in [0.15, 0.2) is 24.3 Å². The molecule has 37 heavy (non-hydrogen) atoms. The summed E-state index contributed by atoms with van der Waals surface area (Å²) in [4.78, 5) is 41.9. The molecule has 0 saturated heterocycles. The summed E-state index contributed by atoms with van der Waals surface area (Å²) in [5.41, 5.74) is 1.15. The number of nitrogens with one attached hydrogen (secondary N) is 2. The Balaban J connectivity index is 2.37. The molecule has 0 radical (unpaired) electrons. The third-order valence-electron chi connectivity index (χ3n) is 6.61. The van der Waals surface area contributed by atoms with Crippen LogP contribution in [0.25, 0.3) is 0 Å². The average molecular weight is 534 g/mol. The Kier molecular flexibility index (Phi) is 12.8. The Bertz CT molecular complexity index is 863. The number of hydrogen-bond donors (Lipinski definition) is 3. The number of amides is 3. The van der Waals surface area contributed by atoms with E-state index in [4.69, 9.17) is 4.74 Å². The number of hydrogen-bond acceptors (Lipinski definition) is 5. The lowest BCUT2D eigenvalue weighted by atomic mass is 9.94. The van der Waals surface area contributed by atoms with Crippen LogP contribution in [0.5, 0.6) is 0 Å². The van der Waals surface area contributed by atoms with Gasteiger partial charge in [-0.25, -0.2) is 4.79 Å². The van der Waals surface area contributed by atoms with Crippen LogP contribution in [-0.4, -0.2) is 52.8 Å². The highest BCUT2D eigenvalue weighted by atomic mass is 32.1. The fourth-order valence-electron chi connectivity index (χ4n) is 4.66. The van der Waals surface area contributed by atoms with Crippen LogP contribution in [0.4, 0.5) is 4.79 Å². The van der Waals surface area contributed by atoms with Crippen molar-refractivity contribution in [3.63, 3.8) is 0 Å². The molecule has 2 N–H and O–H groups in total. The Morgan fingerprint density at radius 1 is 1.05 bits per heavy atom. The first-order valence-corrected chi connectivity index (χ1v) is 14.5. The van der Waals surface area contributed by atoms with Gasteiger partial charge in [0.15, 0.2) is 0 Å². The molecule has 0 heterocycles. The summed E-state index contributed by atoms with van der Waals surface area (Å²) in [6.45, 7) is 9.86. The molecule has 2 unspecified atom stereocenters. The van der Waals surface area contributed by atoms with Crippen molar-refractivity contribution in [1.29, 1.82) is 0 Å². The van der Waals surface area contributed by atoms with E-state index in [9.17, 15) is 14.4 Å². The minimum absolute atomic E-state index is 0.0917. The number of carbonyl (C=O) groups excluding carboxylic acids is 3. The first-order valence-electron chi connectivity index (χ1n) is 13.8. The van der Waals surface area contributed by atoms with E-state index >= 15 is 0 Å². The van der Waals surface area contributed by atoms with Gasteiger partial charge in [0.2, 0.25) is 11.8 Å². The van der Waals surface area contributed by atoms with Crippen molar-refractivity contribution in [3.8, 4) is 0 Å². The molecule has 0 bridgehead atoms. The van der Waals surface area contributed by atoms with Gasteiger partial charge >= 0.3 is 6.09 Å². The van der Waals surface area contributed by atoms with Crippen molar-refractivity contribution >= 4 is 30.5 Å². The van der Waals surface area contributed by atoms with Crippen molar-refractivity contribution in [2.45, 2.75) is 116 Å². The van der Waals surface area contributed by atoms with Gasteiger partial charge in [0, 0.05) is 18.3 Å². The zero-order valence-electron chi connectivity index (χ0n) is 23.3. The van der Waals surface area contributed by atoms with E-state index in [1.165, 1.54) is 6.42 Å². The molecule has 1 aromatic carbocycles. The van der Waals surface area contributed by atoms with Gasteiger partial charge in [0.05, 0.1) is 0 Å². The number of thiol groups is 1. The zero-order chi connectivity index (χ0) is 27.4. The Morgan fingerprint density at radius 2 is 1.70 bits per heavy atom. The number of rotatable bonds is 12. The number of nitrogens with zero attached hydrogens (tertiary/aromatic N) is 1. The van der Waals surface area contributed by atoms with E-state index in [0.29, 0.717) is 6.54 Å². The highest BCUT2D eigenvalue weighted by Gasteiger charge is 2.36. The minimum Gasteiger partial charge on any atom is -0.444 e. The third-order valence-corrected chi connectivity index (χ3v) is 6.98. The number of carbonyl (C=O) groups is 3. The highest BCUT2D eigenvalue weighted by molar-refractivity contribution is 7.80. The van der Waals surface area contributed by atoms with E-state index in [1.54, 1.807) is 25.7 Å². The SMILES string of the molecule is CCCCCCN(C(=O)C(CS)NC(=O)OC(C)(C)C)C(C(=O)NC1CCCCC1)c1ccc(C)cc1. The average Bonchev–Trinajstić information content (AvgIpc) is 2.84. The van der Waals surface area contributed by atoms with Gasteiger partial charge in [-0.2, -0.15) is 12.6 Å². The Hall–Kier alpha value is -2.22. The molecule has 8 heteroatoms. The largest absolute Gasteiger partial charge is 0.444 e. The van der Waals surface area contributed by atoms with E-state index < -0.39 is 23.8 Å². The lowest BCUT2D eigenvalue weighted by Gasteiger charge is -2.35. The predicted octanol–water partition coefficient (Wildman–Crippen LogP) is 5.72. The molecule has 1 fully saturated rings. The predicted molar refractivity (Wildman–Crippen MR) is 152 cm³/mol. The van der Waals surface area contributed by atoms with Gasteiger partial charge in [-0.3, -0.25) is 9.59 Å². The number of ether oxygens (including phenoxy) is 1. The van der Waals surface area contributed by atoms with Crippen LogP contribution in [0.2, 0.25) is 0 Å². The standard InChI is InChI=1S/C29H47N3O4S/c1-6-7-8-12-19-32(27(34)24(20-37)31-28(35)36-29(3,4)5)25(22-17-15-21(2)16-18-22)26(33)30-23-13-10-9-11-14-23/h15-18,23-25,37H,6-14,19-20H2,1-5H3,(H,30,33)(H,31,35). The molecule has 208 valence electrons. The van der Waals surface area contributed by atoms with Gasteiger partial charge in [-0.15, -0.1) is 0 Å². The van der Waals surface area contributed by atoms with Gasteiger partial charge in [0.1, 0.15) is 17.7 Å². The number of alkyl carbamates (subject to hydrolysis) is 1. The Labute approximate surface area is 228 Å². The third kappa shape index (κ3) is 10.6. The van der Waals surface area contributed by atoms with E-state index in [1.807, 2.05) is 31.2 Å². The van der Waals surface area contributed by atoms with Crippen molar-refractivity contribution in [3.05, 3.63) is 35.4 Å². The molecule has 2 atom stereocenters. The van der Waals surface area contributed by atoms with Crippen LogP contribution < -0.4 is 10.6 Å². The van der Waals surface area contributed by atoms with Crippen LogP contribution >= 0.6 is 12.6 Å². The van der Waals surface area contributed by atoms with Gasteiger partial charge < -0.3 is 20.3 Å². The molecule has 0 aromatic heterocycles. The zero-order valence-corrected chi connectivity index (χ0v) is 24.2. The van der Waals surface area contributed by atoms with Crippen molar-refractivity contribution in [2.75, 3.05) is 12.3 Å². The number of aryl methyl sites for hydroxylation is 1. The maximum Gasteiger partial charge on any atom is 0.408 e.